The van der Waals surface area contributed by atoms with Gasteiger partial charge in [-0.25, -0.2) is 0 Å². The van der Waals surface area contributed by atoms with E-state index in [1.54, 1.807) is 17.6 Å². The van der Waals surface area contributed by atoms with Crippen molar-refractivity contribution < 1.29 is 4.74 Å². The topological polar surface area (TPSA) is 12.5 Å². The van der Waals surface area contributed by atoms with Gasteiger partial charge in [-0.3, -0.25) is 4.90 Å². The van der Waals surface area contributed by atoms with E-state index in [2.05, 4.69) is 36.1 Å². The first-order chi connectivity index (χ1) is 9.74. The summed E-state index contributed by atoms with van der Waals surface area (Å²) < 4.78 is 5.36. The number of methoxy groups -OCH3 is 1. The normalized spacial score (nSPS) is 21.0. The molecule has 2 aliphatic heterocycles. The summed E-state index contributed by atoms with van der Waals surface area (Å²) in [6, 6.07) is 9.55. The number of fused-ring (bicyclic) bond motifs is 4. The third-order valence-electron chi connectivity index (χ3n) is 4.59. The van der Waals surface area contributed by atoms with Crippen LogP contribution >= 0.6 is 11.3 Å². The summed E-state index contributed by atoms with van der Waals surface area (Å²) in [7, 11) is 1.75. The van der Waals surface area contributed by atoms with Crippen LogP contribution in [-0.4, -0.2) is 18.6 Å². The highest BCUT2D eigenvalue weighted by molar-refractivity contribution is 7.12. The summed E-state index contributed by atoms with van der Waals surface area (Å²) in [5, 5.41) is 0. The number of nitrogens with zero attached hydrogens (tertiary/aromatic N) is 1. The summed E-state index contributed by atoms with van der Waals surface area (Å²) in [5.41, 5.74) is 4.54. The molecule has 4 rings (SSSR count). The average molecular weight is 285 g/mol. The standard InChI is InChI=1S/C17H19NOS/c1-11-7-13-10-18-6-5-12-8-14(19-2)3-4-15(12)16(18)9-17(13)20-11/h3-4,7-8,16H,5-6,9-10H2,1-2H3. The van der Waals surface area contributed by atoms with Crippen molar-refractivity contribution in [2.45, 2.75) is 32.4 Å². The predicted molar refractivity (Wildman–Crippen MR) is 82.6 cm³/mol. The summed E-state index contributed by atoms with van der Waals surface area (Å²) in [4.78, 5) is 5.68. The van der Waals surface area contributed by atoms with Gasteiger partial charge in [0.1, 0.15) is 5.75 Å². The van der Waals surface area contributed by atoms with Crippen molar-refractivity contribution in [1.82, 2.24) is 4.90 Å². The van der Waals surface area contributed by atoms with E-state index in [0.29, 0.717) is 6.04 Å². The van der Waals surface area contributed by atoms with Gasteiger partial charge in [0.2, 0.25) is 0 Å². The SMILES string of the molecule is COc1ccc2c(c1)CCN1Cc3cc(C)sc3CC21. The lowest BCUT2D eigenvalue weighted by atomic mass is 9.87. The average Bonchev–Trinajstić information content (AvgIpc) is 2.83. The molecule has 0 amide bonds. The number of thiophene rings is 1. The van der Waals surface area contributed by atoms with Crippen molar-refractivity contribution in [2.24, 2.45) is 0 Å². The van der Waals surface area contributed by atoms with Crippen molar-refractivity contribution in [3.63, 3.8) is 0 Å². The molecule has 0 fully saturated rings. The van der Waals surface area contributed by atoms with Gasteiger partial charge in [0, 0.05) is 35.3 Å². The van der Waals surface area contributed by atoms with E-state index in [9.17, 15) is 0 Å². The Bertz CT molecular complexity index is 661. The Hall–Kier alpha value is -1.32. The van der Waals surface area contributed by atoms with Crippen LogP contribution in [0.5, 0.6) is 5.75 Å². The number of hydrogen-bond donors (Lipinski definition) is 0. The van der Waals surface area contributed by atoms with Crippen LogP contribution in [-0.2, 0) is 19.4 Å². The molecule has 2 aliphatic rings. The zero-order chi connectivity index (χ0) is 13.7. The van der Waals surface area contributed by atoms with Crippen molar-refractivity contribution in [3.8, 4) is 5.75 Å². The third-order valence-corrected chi connectivity index (χ3v) is 5.71. The van der Waals surface area contributed by atoms with Crippen molar-refractivity contribution >= 4 is 11.3 Å². The second-order valence-corrected chi connectivity index (χ2v) is 7.15. The van der Waals surface area contributed by atoms with E-state index < -0.39 is 0 Å². The van der Waals surface area contributed by atoms with Crippen LogP contribution in [0.25, 0.3) is 0 Å². The lowest BCUT2D eigenvalue weighted by Gasteiger charge is -2.40. The number of aryl methyl sites for hydroxylation is 1. The number of benzene rings is 1. The van der Waals surface area contributed by atoms with E-state index in [1.807, 2.05) is 11.3 Å². The molecule has 1 aromatic heterocycles. The van der Waals surface area contributed by atoms with Crippen LogP contribution in [0.15, 0.2) is 24.3 Å². The Morgan fingerprint density at radius 1 is 1.25 bits per heavy atom. The minimum Gasteiger partial charge on any atom is -0.497 e. The fraction of sp³-hybridized carbons (Fsp3) is 0.412. The molecule has 0 radical (unpaired) electrons. The zero-order valence-corrected chi connectivity index (χ0v) is 12.8. The van der Waals surface area contributed by atoms with E-state index in [-0.39, 0.29) is 0 Å². The van der Waals surface area contributed by atoms with Gasteiger partial charge in [0.05, 0.1) is 7.11 Å². The number of rotatable bonds is 1. The first-order valence-electron chi connectivity index (χ1n) is 7.23. The van der Waals surface area contributed by atoms with Gasteiger partial charge in [-0.2, -0.15) is 0 Å². The molecule has 0 bridgehead atoms. The molecule has 0 saturated heterocycles. The maximum atomic E-state index is 5.36. The maximum absolute atomic E-state index is 5.36. The molecule has 0 N–H and O–H groups in total. The molecule has 2 aromatic rings. The lowest BCUT2D eigenvalue weighted by molar-refractivity contribution is 0.162. The van der Waals surface area contributed by atoms with Gasteiger partial charge in [0.25, 0.3) is 0 Å². The van der Waals surface area contributed by atoms with Gasteiger partial charge in [-0.05, 0) is 48.2 Å². The Balaban J connectivity index is 1.74. The minimum absolute atomic E-state index is 0.565. The molecule has 3 heterocycles. The maximum Gasteiger partial charge on any atom is 0.119 e. The summed E-state index contributed by atoms with van der Waals surface area (Å²) in [6.45, 7) is 4.51. The third kappa shape index (κ3) is 1.88. The van der Waals surface area contributed by atoms with Crippen LogP contribution in [0.2, 0.25) is 0 Å². The Morgan fingerprint density at radius 3 is 3.00 bits per heavy atom. The quantitative estimate of drug-likeness (QED) is 0.792. The summed E-state index contributed by atoms with van der Waals surface area (Å²) in [6.07, 6.45) is 2.31. The molecule has 2 nitrogen and oxygen atoms in total. The molecular formula is C17H19NOS. The fourth-order valence-electron chi connectivity index (χ4n) is 3.61. The molecule has 0 spiro atoms. The number of hydrogen-bond acceptors (Lipinski definition) is 3. The van der Waals surface area contributed by atoms with Crippen LogP contribution in [0, 0.1) is 6.92 Å². The Labute approximate surface area is 124 Å². The molecule has 1 unspecified atom stereocenters. The zero-order valence-electron chi connectivity index (χ0n) is 12.0. The monoisotopic (exact) mass is 285 g/mol. The van der Waals surface area contributed by atoms with Gasteiger partial charge >= 0.3 is 0 Å². The highest BCUT2D eigenvalue weighted by Gasteiger charge is 2.32. The van der Waals surface area contributed by atoms with Crippen molar-refractivity contribution in [1.29, 1.82) is 0 Å². The van der Waals surface area contributed by atoms with Crippen molar-refractivity contribution in [2.75, 3.05) is 13.7 Å². The second-order valence-electron chi connectivity index (χ2n) is 5.81. The van der Waals surface area contributed by atoms with Crippen LogP contribution < -0.4 is 4.74 Å². The first-order valence-corrected chi connectivity index (χ1v) is 8.05. The minimum atomic E-state index is 0.565. The fourth-order valence-corrected chi connectivity index (χ4v) is 4.70. The van der Waals surface area contributed by atoms with E-state index >= 15 is 0 Å². The molecule has 20 heavy (non-hydrogen) atoms. The number of ether oxygens (including phenoxy) is 1. The van der Waals surface area contributed by atoms with Crippen molar-refractivity contribution in [3.05, 3.63) is 50.7 Å². The smallest absolute Gasteiger partial charge is 0.119 e. The van der Waals surface area contributed by atoms with Crippen LogP contribution in [0.1, 0.15) is 32.5 Å². The largest absolute Gasteiger partial charge is 0.497 e. The first kappa shape index (κ1) is 12.4. The van der Waals surface area contributed by atoms with E-state index in [1.165, 1.54) is 29.0 Å². The highest BCUT2D eigenvalue weighted by Crippen LogP contribution is 2.41. The van der Waals surface area contributed by atoms with E-state index in [4.69, 9.17) is 4.74 Å². The summed E-state index contributed by atoms with van der Waals surface area (Å²) in [5.74, 6) is 0.987. The summed E-state index contributed by atoms with van der Waals surface area (Å²) >= 11 is 1.98. The molecule has 3 heteroatoms. The van der Waals surface area contributed by atoms with Gasteiger partial charge in [0.15, 0.2) is 0 Å². The molecular weight excluding hydrogens is 266 g/mol. The Kier molecular flexibility index (Phi) is 2.86. The van der Waals surface area contributed by atoms with E-state index in [0.717, 1.165) is 18.7 Å². The Morgan fingerprint density at radius 2 is 2.15 bits per heavy atom. The molecule has 0 saturated carbocycles. The van der Waals surface area contributed by atoms with Crippen LogP contribution in [0.4, 0.5) is 0 Å². The van der Waals surface area contributed by atoms with Crippen LogP contribution in [0.3, 0.4) is 0 Å². The molecule has 1 atom stereocenters. The lowest BCUT2D eigenvalue weighted by Crippen LogP contribution is -2.38. The second kappa shape index (κ2) is 4.61. The molecule has 1 aromatic carbocycles. The van der Waals surface area contributed by atoms with Gasteiger partial charge in [-0.1, -0.05) is 6.07 Å². The predicted octanol–water partition coefficient (Wildman–Crippen LogP) is 3.72. The molecule has 0 aliphatic carbocycles. The highest BCUT2D eigenvalue weighted by atomic mass is 32.1. The van der Waals surface area contributed by atoms with Gasteiger partial charge < -0.3 is 4.74 Å². The molecule has 104 valence electrons. The van der Waals surface area contributed by atoms with Gasteiger partial charge in [-0.15, -0.1) is 11.3 Å².